The van der Waals surface area contributed by atoms with Crippen molar-refractivity contribution in [3.05, 3.63) is 132 Å². The number of hydrogen-bond donors (Lipinski definition) is 0. The SMILES string of the molecule is Cc1ccnc(-n2c3ccc(F)cc3c3ccc(Oc4cc(CC(C)(C)C)cc(-n5nc(C)c(-c6ccccc6)c5C)c4)cc32)c1. The van der Waals surface area contributed by atoms with E-state index in [-0.39, 0.29) is 11.2 Å². The molecule has 6 heteroatoms. The van der Waals surface area contributed by atoms with Crippen LogP contribution in [0.5, 0.6) is 11.5 Å². The molecule has 0 aliphatic rings. The largest absolute Gasteiger partial charge is 0.457 e. The van der Waals surface area contributed by atoms with E-state index in [2.05, 4.69) is 86.6 Å². The van der Waals surface area contributed by atoms with Gasteiger partial charge in [-0.2, -0.15) is 5.10 Å². The Bertz CT molecular complexity index is 2240. The van der Waals surface area contributed by atoms with Gasteiger partial charge in [0.1, 0.15) is 23.1 Å². The molecule has 0 aliphatic heterocycles. The Labute approximate surface area is 268 Å². The Morgan fingerprint density at radius 3 is 2.33 bits per heavy atom. The molecule has 0 unspecified atom stereocenters. The number of halogens is 1. The second-order valence-electron chi connectivity index (χ2n) is 13.4. The lowest BCUT2D eigenvalue weighted by Gasteiger charge is -2.20. The molecule has 0 bridgehead atoms. The van der Waals surface area contributed by atoms with Crippen LogP contribution in [0.3, 0.4) is 0 Å². The van der Waals surface area contributed by atoms with Gasteiger partial charge in [0.25, 0.3) is 0 Å². The Kier molecular flexibility index (Phi) is 7.23. The van der Waals surface area contributed by atoms with Crippen molar-refractivity contribution >= 4 is 21.8 Å². The molecule has 46 heavy (non-hydrogen) atoms. The van der Waals surface area contributed by atoms with Crippen LogP contribution in [0.1, 0.15) is 43.3 Å². The first kappa shape index (κ1) is 29.5. The van der Waals surface area contributed by atoms with Gasteiger partial charge in [0.15, 0.2) is 0 Å². The Hall–Kier alpha value is -5.23. The van der Waals surface area contributed by atoms with Crippen LogP contribution in [0.25, 0.3) is 44.4 Å². The van der Waals surface area contributed by atoms with Crippen molar-refractivity contribution in [3.8, 4) is 34.1 Å². The summed E-state index contributed by atoms with van der Waals surface area (Å²) >= 11 is 0. The molecule has 0 saturated carbocycles. The summed E-state index contributed by atoms with van der Waals surface area (Å²) in [4.78, 5) is 4.67. The molecule has 0 saturated heterocycles. The quantitative estimate of drug-likeness (QED) is 0.189. The first-order valence-corrected chi connectivity index (χ1v) is 15.6. The van der Waals surface area contributed by atoms with Gasteiger partial charge in [-0.25, -0.2) is 14.1 Å². The molecular weight excluding hydrogens is 571 g/mol. The predicted molar refractivity (Wildman–Crippen MR) is 185 cm³/mol. The highest BCUT2D eigenvalue weighted by Gasteiger charge is 2.19. The zero-order valence-corrected chi connectivity index (χ0v) is 27.1. The van der Waals surface area contributed by atoms with Gasteiger partial charge in [0.05, 0.1) is 22.4 Å². The van der Waals surface area contributed by atoms with Crippen molar-refractivity contribution < 1.29 is 9.13 Å². The highest BCUT2D eigenvalue weighted by Crippen LogP contribution is 2.37. The van der Waals surface area contributed by atoms with E-state index in [1.165, 1.54) is 11.6 Å². The summed E-state index contributed by atoms with van der Waals surface area (Å²) in [6.07, 6.45) is 2.68. The van der Waals surface area contributed by atoms with Gasteiger partial charge in [-0.15, -0.1) is 0 Å². The third kappa shape index (κ3) is 5.56. The lowest BCUT2D eigenvalue weighted by Crippen LogP contribution is -2.10. The molecule has 0 spiro atoms. The maximum absolute atomic E-state index is 14.4. The third-order valence-electron chi connectivity index (χ3n) is 8.35. The van der Waals surface area contributed by atoms with Gasteiger partial charge >= 0.3 is 0 Å². The number of fused-ring (bicyclic) bond motifs is 3. The van der Waals surface area contributed by atoms with Crippen molar-refractivity contribution in [2.75, 3.05) is 0 Å². The van der Waals surface area contributed by atoms with Crippen LogP contribution in [-0.4, -0.2) is 19.3 Å². The van der Waals surface area contributed by atoms with E-state index in [1.807, 2.05) is 54.1 Å². The minimum absolute atomic E-state index is 0.0795. The molecule has 0 aliphatic carbocycles. The Balaban J connectivity index is 1.35. The van der Waals surface area contributed by atoms with Crippen LogP contribution >= 0.6 is 0 Å². The van der Waals surface area contributed by atoms with Crippen molar-refractivity contribution in [1.29, 1.82) is 0 Å². The summed E-state index contributed by atoms with van der Waals surface area (Å²) in [5.74, 6) is 1.91. The fourth-order valence-corrected chi connectivity index (χ4v) is 6.52. The van der Waals surface area contributed by atoms with Crippen LogP contribution in [0, 0.1) is 32.0 Å². The van der Waals surface area contributed by atoms with Crippen LogP contribution in [0.15, 0.2) is 103 Å². The number of aryl methyl sites for hydroxylation is 2. The monoisotopic (exact) mass is 608 g/mol. The number of aromatic nitrogens is 4. The standard InChI is InChI=1S/C40H37FN4O/c1-25-16-17-42-38(18-25)44-36-15-12-30(41)21-35(36)34-14-13-32(23-37(34)44)46-33-20-28(24-40(4,5)6)19-31(22-33)45-27(3)39(26(2)43-45)29-10-8-7-9-11-29/h7-23H,24H2,1-6H3. The molecule has 0 amide bonds. The minimum atomic E-state index is -0.271. The molecular formula is C40H37FN4O. The van der Waals surface area contributed by atoms with Gasteiger partial charge < -0.3 is 4.74 Å². The van der Waals surface area contributed by atoms with E-state index in [1.54, 1.807) is 12.3 Å². The van der Waals surface area contributed by atoms with Crippen molar-refractivity contribution in [2.24, 2.45) is 5.41 Å². The normalized spacial score (nSPS) is 11.9. The summed E-state index contributed by atoms with van der Waals surface area (Å²) in [7, 11) is 0. The molecule has 3 aromatic heterocycles. The maximum atomic E-state index is 14.4. The molecule has 0 N–H and O–H groups in total. The molecule has 5 nitrogen and oxygen atoms in total. The summed E-state index contributed by atoms with van der Waals surface area (Å²) in [6, 6.07) is 31.7. The average Bonchev–Trinajstić information content (AvgIpc) is 3.48. The molecule has 0 atom stereocenters. The minimum Gasteiger partial charge on any atom is -0.457 e. The van der Waals surface area contributed by atoms with Crippen molar-refractivity contribution in [1.82, 2.24) is 19.3 Å². The van der Waals surface area contributed by atoms with E-state index in [0.29, 0.717) is 5.75 Å². The smallest absolute Gasteiger partial charge is 0.137 e. The molecule has 7 rings (SSSR count). The highest BCUT2D eigenvalue weighted by molar-refractivity contribution is 6.09. The first-order valence-electron chi connectivity index (χ1n) is 15.6. The summed E-state index contributed by atoms with van der Waals surface area (Å²) in [5, 5.41) is 6.75. The molecule has 0 fully saturated rings. The van der Waals surface area contributed by atoms with Gasteiger partial charge in [-0.1, -0.05) is 51.1 Å². The summed E-state index contributed by atoms with van der Waals surface area (Å²) in [5.41, 5.74) is 9.43. The third-order valence-corrected chi connectivity index (χ3v) is 8.35. The van der Waals surface area contributed by atoms with Gasteiger partial charge in [-0.05, 0) is 104 Å². The van der Waals surface area contributed by atoms with E-state index in [4.69, 9.17) is 9.84 Å². The fraction of sp³-hybridized carbons (Fsp3) is 0.200. The molecule has 0 radical (unpaired) electrons. The summed E-state index contributed by atoms with van der Waals surface area (Å²) in [6.45, 7) is 12.9. The van der Waals surface area contributed by atoms with Crippen LogP contribution in [0.4, 0.5) is 4.39 Å². The highest BCUT2D eigenvalue weighted by atomic mass is 19.1. The van der Waals surface area contributed by atoms with Crippen LogP contribution in [0.2, 0.25) is 0 Å². The number of benzene rings is 4. The van der Waals surface area contributed by atoms with Crippen LogP contribution < -0.4 is 4.74 Å². The second-order valence-corrected chi connectivity index (χ2v) is 13.4. The topological polar surface area (TPSA) is 44.9 Å². The predicted octanol–water partition coefficient (Wildman–Crippen LogP) is 10.5. The first-order chi connectivity index (χ1) is 22.0. The fourth-order valence-electron chi connectivity index (χ4n) is 6.52. The number of ether oxygens (including phenoxy) is 1. The van der Waals surface area contributed by atoms with Gasteiger partial charge in [0.2, 0.25) is 0 Å². The molecule has 4 aromatic carbocycles. The lowest BCUT2D eigenvalue weighted by molar-refractivity contribution is 0.409. The van der Waals surface area contributed by atoms with Crippen molar-refractivity contribution in [2.45, 2.75) is 48.0 Å². The lowest BCUT2D eigenvalue weighted by atomic mass is 9.88. The van der Waals surface area contributed by atoms with Gasteiger partial charge in [-0.3, -0.25) is 4.57 Å². The number of pyridine rings is 1. The zero-order chi connectivity index (χ0) is 32.2. The second kappa shape index (κ2) is 11.3. The van der Waals surface area contributed by atoms with E-state index < -0.39 is 0 Å². The van der Waals surface area contributed by atoms with Crippen LogP contribution in [-0.2, 0) is 6.42 Å². The molecule has 7 aromatic rings. The maximum Gasteiger partial charge on any atom is 0.137 e. The van der Waals surface area contributed by atoms with Gasteiger partial charge in [0, 0.05) is 40.4 Å². The van der Waals surface area contributed by atoms with E-state index in [9.17, 15) is 4.39 Å². The Morgan fingerprint density at radius 2 is 1.57 bits per heavy atom. The zero-order valence-electron chi connectivity index (χ0n) is 27.1. The van der Waals surface area contributed by atoms with E-state index >= 15 is 0 Å². The number of rotatable bonds is 6. The number of hydrogen-bond acceptors (Lipinski definition) is 3. The average molecular weight is 609 g/mol. The van der Waals surface area contributed by atoms with Crippen molar-refractivity contribution in [3.63, 3.8) is 0 Å². The number of nitrogens with zero attached hydrogens (tertiary/aromatic N) is 4. The van der Waals surface area contributed by atoms with E-state index in [0.717, 1.165) is 73.6 Å². The summed E-state index contributed by atoms with van der Waals surface area (Å²) < 4.78 is 25.2. The Morgan fingerprint density at radius 1 is 0.761 bits per heavy atom. The molecule has 3 heterocycles. The molecule has 230 valence electrons.